The number of methoxy groups -OCH3 is 1. The number of carbonyl (C=O) groups excluding carboxylic acids is 1. The van der Waals surface area contributed by atoms with Crippen molar-refractivity contribution in [1.82, 2.24) is 0 Å². The zero-order valence-corrected chi connectivity index (χ0v) is 13.2. The van der Waals surface area contributed by atoms with Gasteiger partial charge in [0.1, 0.15) is 17.2 Å². The molecule has 1 amide bonds. The van der Waals surface area contributed by atoms with Gasteiger partial charge in [0.05, 0.1) is 12.8 Å². The van der Waals surface area contributed by atoms with Crippen molar-refractivity contribution in [3.63, 3.8) is 0 Å². The second-order valence-corrected chi connectivity index (χ2v) is 5.40. The highest BCUT2D eigenvalue weighted by Gasteiger charge is 2.33. The molecule has 0 saturated heterocycles. The molecular weight excluding hydrogens is 294 g/mol. The number of anilines is 1. The van der Waals surface area contributed by atoms with E-state index >= 15 is 0 Å². The predicted molar refractivity (Wildman–Crippen MR) is 87.2 cm³/mol. The van der Waals surface area contributed by atoms with E-state index in [0.717, 1.165) is 11.3 Å². The maximum absolute atomic E-state index is 12.7. The van der Waals surface area contributed by atoms with Crippen molar-refractivity contribution in [2.75, 3.05) is 18.6 Å². The summed E-state index contributed by atoms with van der Waals surface area (Å²) in [6.07, 6.45) is -0.119. The molecule has 1 aliphatic rings. The van der Waals surface area contributed by atoms with Crippen LogP contribution in [0.1, 0.15) is 12.5 Å². The van der Waals surface area contributed by atoms with Gasteiger partial charge in [-0.05, 0) is 36.8 Å². The number of hydrogen-bond donors (Lipinski definition) is 1. The van der Waals surface area contributed by atoms with Crippen LogP contribution in [0.5, 0.6) is 17.2 Å². The number of amides is 1. The van der Waals surface area contributed by atoms with Crippen LogP contribution in [-0.4, -0.2) is 30.8 Å². The summed E-state index contributed by atoms with van der Waals surface area (Å²) in [4.78, 5) is 14.3. The van der Waals surface area contributed by atoms with Crippen LogP contribution >= 0.6 is 0 Å². The van der Waals surface area contributed by atoms with Gasteiger partial charge in [-0.1, -0.05) is 12.1 Å². The maximum atomic E-state index is 12.7. The van der Waals surface area contributed by atoms with Crippen molar-refractivity contribution in [2.24, 2.45) is 0 Å². The molecule has 1 atom stereocenters. The van der Waals surface area contributed by atoms with Crippen LogP contribution in [0.4, 0.5) is 5.69 Å². The number of nitrogens with zero attached hydrogens (tertiary/aromatic N) is 1. The highest BCUT2D eigenvalue weighted by Crippen LogP contribution is 2.37. The van der Waals surface area contributed by atoms with Gasteiger partial charge < -0.3 is 19.5 Å². The summed E-state index contributed by atoms with van der Waals surface area (Å²) < 4.78 is 11.1. The number of benzene rings is 2. The first-order valence-electron chi connectivity index (χ1n) is 7.56. The van der Waals surface area contributed by atoms with Crippen molar-refractivity contribution < 1.29 is 19.4 Å². The Kier molecular flexibility index (Phi) is 4.10. The fourth-order valence-corrected chi connectivity index (χ4v) is 2.78. The number of carbonyl (C=O) groups is 1. The maximum Gasteiger partial charge on any atom is 0.268 e. The first kappa shape index (κ1) is 15.2. The van der Waals surface area contributed by atoms with E-state index in [4.69, 9.17) is 9.47 Å². The lowest BCUT2D eigenvalue weighted by Crippen LogP contribution is -2.46. The molecule has 0 spiro atoms. The normalized spacial score (nSPS) is 16.7. The highest BCUT2D eigenvalue weighted by atomic mass is 16.5. The van der Waals surface area contributed by atoms with Crippen LogP contribution in [0.2, 0.25) is 0 Å². The minimum Gasteiger partial charge on any atom is -0.508 e. The van der Waals surface area contributed by atoms with E-state index in [-0.39, 0.29) is 11.7 Å². The van der Waals surface area contributed by atoms with Crippen molar-refractivity contribution in [3.8, 4) is 17.2 Å². The Morgan fingerprint density at radius 3 is 2.83 bits per heavy atom. The number of hydrogen-bond acceptors (Lipinski definition) is 4. The minimum atomic E-state index is -0.584. The Bertz CT molecular complexity index is 729. The van der Waals surface area contributed by atoms with Crippen molar-refractivity contribution in [2.45, 2.75) is 19.4 Å². The van der Waals surface area contributed by atoms with Crippen LogP contribution in [0.3, 0.4) is 0 Å². The number of phenols is 1. The molecule has 0 radical (unpaired) electrons. The van der Waals surface area contributed by atoms with E-state index in [1.807, 2.05) is 31.2 Å². The average molecular weight is 313 g/mol. The summed E-state index contributed by atoms with van der Waals surface area (Å²) >= 11 is 0. The van der Waals surface area contributed by atoms with Gasteiger partial charge in [0.15, 0.2) is 6.10 Å². The third-order valence-electron chi connectivity index (χ3n) is 3.92. The Hall–Kier alpha value is -2.69. The highest BCUT2D eigenvalue weighted by molar-refractivity contribution is 6.00. The van der Waals surface area contributed by atoms with Gasteiger partial charge in [0, 0.05) is 19.0 Å². The number of ether oxygens (including phenoxy) is 2. The average Bonchev–Trinajstić information content (AvgIpc) is 2.56. The summed E-state index contributed by atoms with van der Waals surface area (Å²) in [5, 5.41) is 9.64. The lowest BCUT2D eigenvalue weighted by molar-refractivity contribution is -0.126. The minimum absolute atomic E-state index is 0.103. The Labute approximate surface area is 135 Å². The summed E-state index contributed by atoms with van der Waals surface area (Å²) in [7, 11) is 1.61. The molecule has 23 heavy (non-hydrogen) atoms. The lowest BCUT2D eigenvalue weighted by Gasteiger charge is -2.34. The number of fused-ring (bicyclic) bond motifs is 1. The molecule has 2 aromatic carbocycles. The van der Waals surface area contributed by atoms with Gasteiger partial charge in [-0.25, -0.2) is 0 Å². The van der Waals surface area contributed by atoms with E-state index in [1.54, 1.807) is 30.2 Å². The smallest absolute Gasteiger partial charge is 0.268 e. The van der Waals surface area contributed by atoms with Crippen LogP contribution < -0.4 is 14.4 Å². The molecule has 5 heteroatoms. The fraction of sp³-hybridized carbons (Fsp3) is 0.278. The molecule has 0 fully saturated rings. The van der Waals surface area contributed by atoms with Gasteiger partial charge >= 0.3 is 0 Å². The first-order chi connectivity index (χ1) is 11.1. The monoisotopic (exact) mass is 313 g/mol. The second-order valence-electron chi connectivity index (χ2n) is 5.40. The van der Waals surface area contributed by atoms with Crippen LogP contribution in [-0.2, 0) is 11.2 Å². The molecule has 0 aliphatic carbocycles. The molecular formula is C18H19NO4. The Morgan fingerprint density at radius 2 is 2.09 bits per heavy atom. The number of rotatable bonds is 4. The first-order valence-corrected chi connectivity index (χ1v) is 7.56. The van der Waals surface area contributed by atoms with Crippen LogP contribution in [0.15, 0.2) is 42.5 Å². The molecule has 1 heterocycles. The third kappa shape index (κ3) is 2.95. The van der Waals surface area contributed by atoms with Crippen LogP contribution in [0.25, 0.3) is 0 Å². The van der Waals surface area contributed by atoms with Gasteiger partial charge in [-0.2, -0.15) is 0 Å². The zero-order valence-electron chi connectivity index (χ0n) is 13.2. The van der Waals surface area contributed by atoms with Crippen molar-refractivity contribution >= 4 is 11.6 Å². The largest absolute Gasteiger partial charge is 0.508 e. The molecule has 2 aromatic rings. The molecule has 0 aromatic heterocycles. The van der Waals surface area contributed by atoms with Gasteiger partial charge in [0.25, 0.3) is 5.91 Å². The summed E-state index contributed by atoms with van der Waals surface area (Å²) in [5.74, 6) is 1.37. The van der Waals surface area contributed by atoms with E-state index in [0.29, 0.717) is 24.4 Å². The Morgan fingerprint density at radius 1 is 1.26 bits per heavy atom. The zero-order chi connectivity index (χ0) is 16.4. The standard InChI is InChI=1S/C18H19NO4/c1-3-19-15-11-13(20)7-8-16(15)23-17(18(19)21)10-12-5-4-6-14(9-12)22-2/h4-9,11,17,20H,3,10H2,1-2H3. The summed E-state index contributed by atoms with van der Waals surface area (Å²) in [6, 6.07) is 12.4. The molecule has 0 saturated carbocycles. The topological polar surface area (TPSA) is 59.0 Å². The van der Waals surface area contributed by atoms with Crippen molar-refractivity contribution in [1.29, 1.82) is 0 Å². The summed E-state index contributed by atoms with van der Waals surface area (Å²) in [5.41, 5.74) is 1.58. The quantitative estimate of drug-likeness (QED) is 0.943. The van der Waals surface area contributed by atoms with E-state index in [1.165, 1.54) is 0 Å². The van der Waals surface area contributed by atoms with Crippen LogP contribution in [0, 0.1) is 0 Å². The van der Waals surface area contributed by atoms with E-state index in [9.17, 15) is 9.90 Å². The number of likely N-dealkylation sites (N-methyl/N-ethyl adjacent to an activating group) is 1. The van der Waals surface area contributed by atoms with Crippen molar-refractivity contribution in [3.05, 3.63) is 48.0 Å². The molecule has 5 nitrogen and oxygen atoms in total. The fourth-order valence-electron chi connectivity index (χ4n) is 2.78. The third-order valence-corrected chi connectivity index (χ3v) is 3.92. The van der Waals surface area contributed by atoms with Gasteiger partial charge in [-0.3, -0.25) is 4.79 Å². The molecule has 0 bridgehead atoms. The van der Waals surface area contributed by atoms with E-state index < -0.39 is 6.10 Å². The number of phenolic OH excluding ortho intramolecular Hbond substituents is 1. The molecule has 3 rings (SSSR count). The Balaban J connectivity index is 1.89. The second kappa shape index (κ2) is 6.20. The molecule has 120 valence electrons. The number of aromatic hydroxyl groups is 1. The summed E-state index contributed by atoms with van der Waals surface area (Å²) in [6.45, 7) is 2.42. The van der Waals surface area contributed by atoms with Gasteiger partial charge in [-0.15, -0.1) is 0 Å². The predicted octanol–water partition coefficient (Wildman–Crippen LogP) is 2.76. The molecule has 1 unspecified atom stereocenters. The van der Waals surface area contributed by atoms with E-state index in [2.05, 4.69) is 0 Å². The molecule has 1 N–H and O–H groups in total. The lowest BCUT2D eigenvalue weighted by atomic mass is 10.0. The molecule has 1 aliphatic heterocycles. The SMILES string of the molecule is CCN1C(=O)C(Cc2cccc(OC)c2)Oc2ccc(O)cc21. The van der Waals surface area contributed by atoms with Gasteiger partial charge in [0.2, 0.25) is 0 Å².